The van der Waals surface area contributed by atoms with Gasteiger partial charge in [-0.3, -0.25) is 0 Å². The lowest BCUT2D eigenvalue weighted by Crippen LogP contribution is -2.01. The average Bonchev–Trinajstić information content (AvgIpc) is 2.40. The summed E-state index contributed by atoms with van der Waals surface area (Å²) in [7, 11) is 1.71. The van der Waals surface area contributed by atoms with Gasteiger partial charge >= 0.3 is 0 Å². The van der Waals surface area contributed by atoms with Gasteiger partial charge in [-0.05, 0) is 6.42 Å². The third-order valence-electron chi connectivity index (χ3n) is 1.84. The van der Waals surface area contributed by atoms with E-state index in [2.05, 4.69) is 13.8 Å². The van der Waals surface area contributed by atoms with Gasteiger partial charge in [0.15, 0.2) is 0 Å². The fraction of sp³-hybridized carbons (Fsp3) is 0.778. The molecule has 0 N–H and O–H groups in total. The van der Waals surface area contributed by atoms with Crippen LogP contribution < -0.4 is 0 Å². The highest BCUT2D eigenvalue weighted by Gasteiger charge is 2.16. The average molecular weight is 156 g/mol. The van der Waals surface area contributed by atoms with Crippen LogP contribution >= 0.6 is 0 Å². The lowest BCUT2D eigenvalue weighted by Gasteiger charge is -2.12. The summed E-state index contributed by atoms with van der Waals surface area (Å²) < 4.78 is 10.7. The summed E-state index contributed by atoms with van der Waals surface area (Å²) in [6.45, 7) is 5.09. The maximum atomic E-state index is 5.42. The topological polar surface area (TPSA) is 18.5 Å². The summed E-state index contributed by atoms with van der Waals surface area (Å²) in [6.07, 6.45) is 2.18. The number of ether oxygens (including phenoxy) is 2. The van der Waals surface area contributed by atoms with Gasteiger partial charge in [-0.1, -0.05) is 13.8 Å². The summed E-state index contributed by atoms with van der Waals surface area (Å²) in [5, 5.41) is 0. The van der Waals surface area contributed by atoms with E-state index >= 15 is 0 Å². The van der Waals surface area contributed by atoms with Crippen molar-refractivity contribution in [3.8, 4) is 0 Å². The second kappa shape index (κ2) is 3.65. The molecular formula is C9H16O2. The molecule has 0 atom stereocenters. The van der Waals surface area contributed by atoms with Gasteiger partial charge in [-0.25, -0.2) is 0 Å². The van der Waals surface area contributed by atoms with E-state index in [1.54, 1.807) is 7.11 Å². The Hall–Kier alpha value is -0.660. The van der Waals surface area contributed by atoms with Crippen LogP contribution in [0.25, 0.3) is 0 Å². The molecule has 64 valence electrons. The Bertz CT molecular complexity index is 151. The number of hydrogen-bond donors (Lipinski definition) is 0. The van der Waals surface area contributed by atoms with Gasteiger partial charge in [0.2, 0.25) is 0 Å². The summed E-state index contributed by atoms with van der Waals surface area (Å²) in [5.74, 6) is 2.51. The van der Waals surface area contributed by atoms with Crippen LogP contribution in [0.2, 0.25) is 0 Å². The zero-order chi connectivity index (χ0) is 8.27. The van der Waals surface area contributed by atoms with Crippen molar-refractivity contribution in [2.45, 2.75) is 26.7 Å². The third kappa shape index (κ3) is 1.88. The van der Waals surface area contributed by atoms with Crippen molar-refractivity contribution in [2.24, 2.45) is 5.92 Å². The van der Waals surface area contributed by atoms with Crippen molar-refractivity contribution in [2.75, 3.05) is 13.7 Å². The molecule has 1 aliphatic rings. The van der Waals surface area contributed by atoms with Crippen LogP contribution in [0.15, 0.2) is 11.5 Å². The Kier molecular flexibility index (Phi) is 2.80. The van der Waals surface area contributed by atoms with Crippen LogP contribution in [0, 0.1) is 5.92 Å². The van der Waals surface area contributed by atoms with Gasteiger partial charge in [-0.15, -0.1) is 0 Å². The molecule has 0 aromatic carbocycles. The highest BCUT2D eigenvalue weighted by atomic mass is 16.5. The van der Waals surface area contributed by atoms with Crippen LogP contribution in [0.5, 0.6) is 0 Å². The summed E-state index contributed by atoms with van der Waals surface area (Å²) in [5.41, 5.74) is 0. The molecular weight excluding hydrogens is 140 g/mol. The molecule has 0 aromatic rings. The lowest BCUT2D eigenvalue weighted by molar-refractivity contribution is 0.191. The van der Waals surface area contributed by atoms with Crippen molar-refractivity contribution in [3.63, 3.8) is 0 Å². The zero-order valence-corrected chi connectivity index (χ0v) is 7.52. The van der Waals surface area contributed by atoms with Crippen LogP contribution in [0.4, 0.5) is 0 Å². The van der Waals surface area contributed by atoms with Gasteiger partial charge in [0, 0.05) is 12.3 Å². The normalized spacial score (nSPS) is 21.8. The monoisotopic (exact) mass is 156 g/mol. The van der Waals surface area contributed by atoms with Crippen LogP contribution in [0.1, 0.15) is 26.7 Å². The largest absolute Gasteiger partial charge is 0.497 e. The molecule has 0 aromatic heterocycles. The molecule has 0 aliphatic carbocycles. The molecule has 1 heterocycles. The molecule has 0 amide bonds. The van der Waals surface area contributed by atoms with E-state index in [-0.39, 0.29) is 0 Å². The maximum absolute atomic E-state index is 5.42. The first kappa shape index (κ1) is 8.44. The minimum Gasteiger partial charge on any atom is -0.497 e. The van der Waals surface area contributed by atoms with Crippen molar-refractivity contribution < 1.29 is 9.47 Å². The quantitative estimate of drug-likeness (QED) is 0.571. The summed E-state index contributed by atoms with van der Waals surface area (Å²) >= 11 is 0. The molecule has 0 spiro atoms. The Labute approximate surface area is 68.2 Å². The molecule has 2 nitrogen and oxygen atoms in total. The Morgan fingerprint density at radius 1 is 1.55 bits per heavy atom. The molecule has 0 saturated carbocycles. The molecule has 2 heteroatoms. The Balaban J connectivity index is 2.70. The van der Waals surface area contributed by atoms with E-state index in [9.17, 15) is 0 Å². The first-order valence-corrected chi connectivity index (χ1v) is 4.15. The third-order valence-corrected chi connectivity index (χ3v) is 1.84. The van der Waals surface area contributed by atoms with Crippen LogP contribution in [-0.4, -0.2) is 13.7 Å². The van der Waals surface area contributed by atoms with Gasteiger partial charge in [0.25, 0.3) is 0 Å². The minimum absolute atomic E-state index is 0.438. The van der Waals surface area contributed by atoms with E-state index in [0.717, 1.165) is 31.0 Å². The highest BCUT2D eigenvalue weighted by Crippen LogP contribution is 2.24. The van der Waals surface area contributed by atoms with E-state index < -0.39 is 0 Å². The maximum Gasteiger partial charge on any atom is 0.136 e. The first-order chi connectivity index (χ1) is 5.25. The minimum atomic E-state index is 0.438. The lowest BCUT2D eigenvalue weighted by atomic mass is 10.1. The van der Waals surface area contributed by atoms with E-state index in [1.165, 1.54) is 0 Å². The van der Waals surface area contributed by atoms with Crippen LogP contribution in [-0.2, 0) is 9.47 Å². The smallest absolute Gasteiger partial charge is 0.136 e. The van der Waals surface area contributed by atoms with Crippen LogP contribution in [0.3, 0.4) is 0 Å². The van der Waals surface area contributed by atoms with Gasteiger partial charge in [0.05, 0.1) is 13.7 Å². The number of rotatable bonds is 2. The van der Waals surface area contributed by atoms with Crippen molar-refractivity contribution in [1.82, 2.24) is 0 Å². The zero-order valence-electron chi connectivity index (χ0n) is 7.52. The number of methoxy groups -OCH3 is 1. The molecule has 0 unspecified atom stereocenters. The van der Waals surface area contributed by atoms with Gasteiger partial charge in [0.1, 0.15) is 11.5 Å². The van der Waals surface area contributed by atoms with E-state index in [1.807, 2.05) is 0 Å². The molecule has 1 aliphatic heterocycles. The second-order valence-corrected chi connectivity index (χ2v) is 3.10. The fourth-order valence-corrected chi connectivity index (χ4v) is 1.37. The molecule has 1 rings (SSSR count). The molecule has 0 bridgehead atoms. The van der Waals surface area contributed by atoms with E-state index in [0.29, 0.717) is 5.92 Å². The number of hydrogen-bond acceptors (Lipinski definition) is 2. The summed E-state index contributed by atoms with van der Waals surface area (Å²) in [4.78, 5) is 0. The van der Waals surface area contributed by atoms with Crippen molar-refractivity contribution >= 4 is 0 Å². The Morgan fingerprint density at radius 2 is 2.27 bits per heavy atom. The second-order valence-electron chi connectivity index (χ2n) is 3.10. The van der Waals surface area contributed by atoms with Gasteiger partial charge < -0.3 is 9.47 Å². The molecule has 11 heavy (non-hydrogen) atoms. The Morgan fingerprint density at radius 3 is 2.64 bits per heavy atom. The summed E-state index contributed by atoms with van der Waals surface area (Å²) in [6, 6.07) is 0. The van der Waals surface area contributed by atoms with Crippen molar-refractivity contribution in [3.05, 3.63) is 11.5 Å². The van der Waals surface area contributed by atoms with Crippen molar-refractivity contribution in [1.29, 1.82) is 0 Å². The highest BCUT2D eigenvalue weighted by molar-refractivity contribution is 5.06. The standard InChI is InChI=1S/C9H16O2/c1-7(2)9(10-3)8-5-4-6-11-8/h7H,4-6H2,1-3H3/b9-8+. The fourth-order valence-electron chi connectivity index (χ4n) is 1.37. The first-order valence-electron chi connectivity index (χ1n) is 4.15. The SMILES string of the molecule is CO/C(=C1\CCCO1)C(C)C. The predicted molar refractivity (Wildman–Crippen MR) is 44.1 cm³/mol. The van der Waals surface area contributed by atoms with Gasteiger partial charge in [-0.2, -0.15) is 0 Å². The molecule has 0 radical (unpaired) electrons. The van der Waals surface area contributed by atoms with E-state index in [4.69, 9.17) is 9.47 Å². The molecule has 1 saturated heterocycles. The number of allylic oxidation sites excluding steroid dienone is 2. The predicted octanol–water partition coefficient (Wildman–Crippen LogP) is 2.31. The molecule has 1 fully saturated rings.